The number of hydrogen-bond donors (Lipinski definition) is 2. The van der Waals surface area contributed by atoms with E-state index >= 15 is 0 Å². The van der Waals surface area contributed by atoms with Crippen LogP contribution in [-0.2, 0) is 10.0 Å². The Hall–Kier alpha value is -0.720. The maximum atomic E-state index is 12.1. The molecule has 104 valence electrons. The van der Waals surface area contributed by atoms with E-state index in [9.17, 15) is 8.42 Å². The molecule has 18 heavy (non-hydrogen) atoms. The molecule has 0 aromatic carbocycles. The molecule has 0 aromatic heterocycles. The van der Waals surface area contributed by atoms with Crippen molar-refractivity contribution >= 4 is 21.8 Å². The van der Waals surface area contributed by atoms with Crippen LogP contribution in [0.1, 0.15) is 27.2 Å². The highest BCUT2D eigenvalue weighted by Gasteiger charge is 2.16. The Kier molecular flexibility index (Phi) is 8.87. The normalized spacial score (nSPS) is 14.4. The van der Waals surface area contributed by atoms with Gasteiger partial charge >= 0.3 is 0 Å². The van der Waals surface area contributed by atoms with Crippen molar-refractivity contribution in [3.63, 3.8) is 0 Å². The molecule has 0 spiro atoms. The quantitative estimate of drug-likeness (QED) is 0.673. The van der Waals surface area contributed by atoms with E-state index in [1.54, 1.807) is 12.2 Å². The summed E-state index contributed by atoms with van der Waals surface area (Å²) in [7, 11) is -3.41. The zero-order valence-electron chi connectivity index (χ0n) is 11.1. The molecule has 4 nitrogen and oxygen atoms in total. The minimum absolute atomic E-state index is 0.248. The largest absolute Gasteiger partial charge is 0.405 e. The molecule has 0 radical (unpaired) electrons. The van der Waals surface area contributed by atoms with Crippen molar-refractivity contribution in [2.75, 3.05) is 12.3 Å². The van der Waals surface area contributed by atoms with E-state index in [-0.39, 0.29) is 6.54 Å². The molecule has 0 aliphatic rings. The Balaban J connectivity index is 4.79. The van der Waals surface area contributed by atoms with Gasteiger partial charge in [0.1, 0.15) is 4.24 Å². The van der Waals surface area contributed by atoms with Crippen molar-refractivity contribution in [3.05, 3.63) is 34.2 Å². The SMILES string of the molecule is C/C=C(\C=C/N)CNS(=O)(=O)/C(=C/CC)SCC. The zero-order valence-corrected chi connectivity index (χ0v) is 12.8. The summed E-state index contributed by atoms with van der Waals surface area (Å²) in [6.07, 6.45) is 7.32. The number of sulfonamides is 1. The molecule has 0 heterocycles. The number of nitrogens with one attached hydrogen (secondary N) is 1. The van der Waals surface area contributed by atoms with Gasteiger partial charge in [-0.1, -0.05) is 26.0 Å². The predicted octanol–water partition coefficient (Wildman–Crippen LogP) is 2.33. The summed E-state index contributed by atoms with van der Waals surface area (Å²) >= 11 is 1.33. The maximum Gasteiger partial charge on any atom is 0.246 e. The molecule has 0 saturated carbocycles. The van der Waals surface area contributed by atoms with Crippen molar-refractivity contribution in [2.45, 2.75) is 27.2 Å². The van der Waals surface area contributed by atoms with Crippen LogP contribution in [0.15, 0.2) is 34.2 Å². The van der Waals surface area contributed by atoms with E-state index in [0.29, 0.717) is 10.7 Å². The van der Waals surface area contributed by atoms with Crippen molar-refractivity contribution < 1.29 is 8.42 Å². The highest BCUT2D eigenvalue weighted by atomic mass is 32.3. The number of thioether (sulfide) groups is 1. The lowest BCUT2D eigenvalue weighted by atomic mass is 10.2. The van der Waals surface area contributed by atoms with Gasteiger partial charge in [0.25, 0.3) is 0 Å². The summed E-state index contributed by atoms with van der Waals surface area (Å²) in [4.78, 5) is 0. The zero-order chi connectivity index (χ0) is 14.0. The lowest BCUT2D eigenvalue weighted by Gasteiger charge is -2.09. The summed E-state index contributed by atoms with van der Waals surface area (Å²) in [5.41, 5.74) is 6.12. The molecule has 0 aliphatic carbocycles. The fourth-order valence-electron chi connectivity index (χ4n) is 1.19. The Morgan fingerprint density at radius 2 is 2.06 bits per heavy atom. The summed E-state index contributed by atoms with van der Waals surface area (Å²) in [6.45, 7) is 5.93. The third kappa shape index (κ3) is 6.28. The fraction of sp³-hybridized carbons (Fsp3) is 0.500. The molecule has 0 atom stereocenters. The summed E-state index contributed by atoms with van der Waals surface area (Å²) in [5.74, 6) is 0.728. The topological polar surface area (TPSA) is 72.2 Å². The monoisotopic (exact) mass is 290 g/mol. The average molecular weight is 290 g/mol. The number of nitrogens with two attached hydrogens (primary N) is 1. The summed E-state index contributed by atoms with van der Waals surface area (Å²) in [6, 6.07) is 0. The van der Waals surface area contributed by atoms with Crippen LogP contribution in [0.5, 0.6) is 0 Å². The number of allylic oxidation sites excluding steroid dienone is 2. The summed E-state index contributed by atoms with van der Waals surface area (Å²) < 4.78 is 27.1. The third-order valence-electron chi connectivity index (χ3n) is 2.07. The Morgan fingerprint density at radius 3 is 2.50 bits per heavy atom. The van der Waals surface area contributed by atoms with Crippen LogP contribution in [-0.4, -0.2) is 20.7 Å². The van der Waals surface area contributed by atoms with Gasteiger partial charge in [-0.3, -0.25) is 0 Å². The van der Waals surface area contributed by atoms with E-state index in [1.807, 2.05) is 26.8 Å². The Bertz CT molecular complexity index is 423. The second kappa shape index (κ2) is 9.24. The lowest BCUT2D eigenvalue weighted by molar-refractivity contribution is 0.593. The molecule has 0 aromatic rings. The predicted molar refractivity (Wildman–Crippen MR) is 80.5 cm³/mol. The van der Waals surface area contributed by atoms with Gasteiger partial charge in [0, 0.05) is 6.54 Å². The van der Waals surface area contributed by atoms with Crippen LogP contribution in [0.2, 0.25) is 0 Å². The molecular formula is C12H22N2O2S2. The van der Waals surface area contributed by atoms with E-state index in [1.165, 1.54) is 18.0 Å². The first-order valence-corrected chi connectivity index (χ1v) is 8.34. The molecular weight excluding hydrogens is 268 g/mol. The van der Waals surface area contributed by atoms with Crippen LogP contribution >= 0.6 is 11.8 Å². The standard InChI is InChI=1S/C12H22N2O2S2/c1-4-7-12(17-6-3)18(15,16)14-10-11(5-2)8-9-13/h5,7-9,14H,4,6,10,13H2,1-3H3/b9-8-,11-5+,12-7+. The molecule has 0 saturated heterocycles. The van der Waals surface area contributed by atoms with Crippen molar-refractivity contribution in [1.29, 1.82) is 0 Å². The number of hydrogen-bond acceptors (Lipinski definition) is 4. The van der Waals surface area contributed by atoms with E-state index < -0.39 is 10.0 Å². The minimum atomic E-state index is -3.41. The first-order chi connectivity index (χ1) is 8.51. The van der Waals surface area contributed by atoms with Gasteiger partial charge in [0.2, 0.25) is 10.0 Å². The van der Waals surface area contributed by atoms with Crippen molar-refractivity contribution in [2.24, 2.45) is 5.73 Å². The van der Waals surface area contributed by atoms with Gasteiger partial charge in [-0.15, -0.1) is 11.8 Å². The maximum absolute atomic E-state index is 12.1. The Labute approximate surface area is 114 Å². The second-order valence-corrected chi connectivity index (χ2v) is 6.71. The average Bonchev–Trinajstić information content (AvgIpc) is 2.34. The number of rotatable bonds is 8. The lowest BCUT2D eigenvalue weighted by Crippen LogP contribution is -2.26. The first-order valence-electron chi connectivity index (χ1n) is 5.87. The molecule has 3 N–H and O–H groups in total. The highest BCUT2D eigenvalue weighted by molar-refractivity contribution is 8.18. The van der Waals surface area contributed by atoms with Gasteiger partial charge in [-0.25, -0.2) is 13.1 Å². The van der Waals surface area contributed by atoms with E-state index in [2.05, 4.69) is 4.72 Å². The highest BCUT2D eigenvalue weighted by Crippen LogP contribution is 2.21. The third-order valence-corrected chi connectivity index (χ3v) is 5.04. The molecule has 0 bridgehead atoms. The van der Waals surface area contributed by atoms with Crippen molar-refractivity contribution in [1.82, 2.24) is 4.72 Å². The fourth-order valence-corrected chi connectivity index (χ4v) is 3.79. The van der Waals surface area contributed by atoms with Gasteiger partial charge in [-0.2, -0.15) is 0 Å². The van der Waals surface area contributed by atoms with E-state index in [0.717, 1.165) is 11.3 Å². The molecule has 0 fully saturated rings. The first kappa shape index (κ1) is 17.3. The summed E-state index contributed by atoms with van der Waals surface area (Å²) in [5, 5.41) is 0. The minimum Gasteiger partial charge on any atom is -0.405 e. The van der Waals surface area contributed by atoms with Crippen LogP contribution in [0.3, 0.4) is 0 Å². The van der Waals surface area contributed by atoms with Crippen LogP contribution in [0.25, 0.3) is 0 Å². The van der Waals surface area contributed by atoms with Crippen LogP contribution in [0.4, 0.5) is 0 Å². The molecule has 0 rings (SSSR count). The Morgan fingerprint density at radius 1 is 1.39 bits per heavy atom. The smallest absolute Gasteiger partial charge is 0.246 e. The van der Waals surface area contributed by atoms with Gasteiger partial charge in [-0.05, 0) is 36.9 Å². The van der Waals surface area contributed by atoms with Crippen molar-refractivity contribution in [3.8, 4) is 0 Å². The van der Waals surface area contributed by atoms with Gasteiger partial charge in [0.05, 0.1) is 0 Å². The molecule has 0 amide bonds. The van der Waals surface area contributed by atoms with Crippen LogP contribution < -0.4 is 10.5 Å². The van der Waals surface area contributed by atoms with Crippen LogP contribution in [0, 0.1) is 0 Å². The van der Waals surface area contributed by atoms with E-state index in [4.69, 9.17) is 5.73 Å². The van der Waals surface area contributed by atoms with Gasteiger partial charge < -0.3 is 5.73 Å². The molecule has 0 aliphatic heterocycles. The molecule has 0 unspecified atom stereocenters. The van der Waals surface area contributed by atoms with Gasteiger partial charge in [0.15, 0.2) is 0 Å². The molecule has 6 heteroatoms. The second-order valence-electron chi connectivity index (χ2n) is 3.41.